The zero-order chi connectivity index (χ0) is 19.4. The fourth-order valence-electron chi connectivity index (χ4n) is 2.91. The minimum atomic E-state index is -3.26. The number of anilines is 1. The van der Waals surface area contributed by atoms with E-state index in [1.54, 1.807) is 31.2 Å². The molecule has 0 bridgehead atoms. The maximum atomic E-state index is 12.0. The van der Waals surface area contributed by atoms with Crippen LogP contribution in [-0.2, 0) is 9.84 Å². The molecular formula is C21H24N2O3S. The largest absolute Gasteiger partial charge is 0.437 e. The van der Waals surface area contributed by atoms with E-state index >= 15 is 0 Å². The van der Waals surface area contributed by atoms with Crippen molar-refractivity contribution < 1.29 is 12.8 Å². The van der Waals surface area contributed by atoms with Crippen molar-refractivity contribution in [2.75, 3.05) is 23.7 Å². The summed E-state index contributed by atoms with van der Waals surface area (Å²) in [6.45, 7) is 7.86. The fraction of sp³-hybridized carbons (Fsp3) is 0.286. The van der Waals surface area contributed by atoms with Gasteiger partial charge < -0.3 is 9.32 Å². The lowest BCUT2D eigenvalue weighted by atomic mass is 10.2. The van der Waals surface area contributed by atoms with Gasteiger partial charge in [-0.1, -0.05) is 19.1 Å². The Morgan fingerprint density at radius 2 is 1.70 bits per heavy atom. The molecule has 0 amide bonds. The summed E-state index contributed by atoms with van der Waals surface area (Å²) in [5, 5.41) is 0. The first-order valence-electron chi connectivity index (χ1n) is 9.13. The Morgan fingerprint density at radius 3 is 2.33 bits per heavy atom. The molecule has 0 radical (unpaired) electrons. The first-order valence-corrected chi connectivity index (χ1v) is 10.8. The van der Waals surface area contributed by atoms with E-state index in [-0.39, 0.29) is 10.6 Å². The van der Waals surface area contributed by atoms with E-state index in [0.717, 1.165) is 18.7 Å². The van der Waals surface area contributed by atoms with Crippen LogP contribution in [0.2, 0.25) is 0 Å². The lowest BCUT2D eigenvalue weighted by molar-refractivity contribution is 0.589. The third-order valence-electron chi connectivity index (χ3n) is 4.55. The number of aromatic nitrogens is 1. The van der Waals surface area contributed by atoms with Crippen molar-refractivity contribution in [3.63, 3.8) is 0 Å². The molecule has 0 saturated heterocycles. The van der Waals surface area contributed by atoms with E-state index < -0.39 is 9.84 Å². The van der Waals surface area contributed by atoms with Crippen molar-refractivity contribution in [1.82, 2.24) is 4.98 Å². The smallest absolute Gasteiger partial charge is 0.220 e. The van der Waals surface area contributed by atoms with Crippen LogP contribution in [0.3, 0.4) is 0 Å². The monoisotopic (exact) mass is 384 g/mol. The van der Waals surface area contributed by atoms with Crippen LogP contribution < -0.4 is 4.90 Å². The Labute approximate surface area is 160 Å². The van der Waals surface area contributed by atoms with Gasteiger partial charge in [0.05, 0.1) is 10.6 Å². The van der Waals surface area contributed by atoms with Gasteiger partial charge in [-0.2, -0.15) is 0 Å². The molecule has 0 aliphatic heterocycles. The molecule has 0 aliphatic carbocycles. The molecule has 0 aliphatic rings. The molecule has 5 nitrogen and oxygen atoms in total. The van der Waals surface area contributed by atoms with Crippen LogP contribution >= 0.6 is 0 Å². The number of hydrogen-bond acceptors (Lipinski definition) is 5. The number of sulfone groups is 1. The second-order valence-corrected chi connectivity index (χ2v) is 8.46. The van der Waals surface area contributed by atoms with E-state index in [2.05, 4.69) is 48.0 Å². The Morgan fingerprint density at radius 1 is 1.00 bits per heavy atom. The predicted octanol–water partition coefficient (Wildman–Crippen LogP) is 4.64. The maximum Gasteiger partial charge on any atom is 0.220 e. The maximum absolute atomic E-state index is 12.0. The third kappa shape index (κ3) is 4.22. The van der Waals surface area contributed by atoms with Crippen LogP contribution in [0, 0.1) is 0 Å². The van der Waals surface area contributed by atoms with Gasteiger partial charge in [-0.15, -0.1) is 0 Å². The van der Waals surface area contributed by atoms with Gasteiger partial charge in [0, 0.05) is 24.9 Å². The highest BCUT2D eigenvalue weighted by Gasteiger charge is 2.14. The van der Waals surface area contributed by atoms with Gasteiger partial charge >= 0.3 is 0 Å². The van der Waals surface area contributed by atoms with Crippen LogP contribution in [0.5, 0.6) is 0 Å². The van der Waals surface area contributed by atoms with Crippen LogP contribution in [0.25, 0.3) is 23.3 Å². The second kappa shape index (κ2) is 7.96. The molecular weight excluding hydrogens is 360 g/mol. The second-order valence-electron chi connectivity index (χ2n) is 6.18. The summed E-state index contributed by atoms with van der Waals surface area (Å²) < 4.78 is 29.7. The fourth-order valence-corrected chi connectivity index (χ4v) is 3.81. The molecule has 0 fully saturated rings. The molecule has 142 valence electrons. The number of oxazole rings is 1. The summed E-state index contributed by atoms with van der Waals surface area (Å²) in [6, 6.07) is 13.1. The Kier molecular flexibility index (Phi) is 5.65. The lowest BCUT2D eigenvalue weighted by Gasteiger charge is -2.20. The van der Waals surface area contributed by atoms with Gasteiger partial charge in [-0.05, 0) is 55.8 Å². The summed E-state index contributed by atoms with van der Waals surface area (Å²) in [5.74, 6) is 0.510. The topological polar surface area (TPSA) is 63.4 Å². The van der Waals surface area contributed by atoms with Crippen molar-refractivity contribution in [3.8, 4) is 0 Å². The summed E-state index contributed by atoms with van der Waals surface area (Å²) in [6.07, 6.45) is 3.72. The van der Waals surface area contributed by atoms with Gasteiger partial charge in [0.1, 0.15) is 5.52 Å². The molecule has 2 aromatic carbocycles. The van der Waals surface area contributed by atoms with Crippen LogP contribution in [0.15, 0.2) is 51.8 Å². The Balaban J connectivity index is 1.82. The van der Waals surface area contributed by atoms with Gasteiger partial charge in [0.2, 0.25) is 5.89 Å². The summed E-state index contributed by atoms with van der Waals surface area (Å²) >= 11 is 0. The molecule has 1 heterocycles. The van der Waals surface area contributed by atoms with Gasteiger partial charge in [-0.25, -0.2) is 13.4 Å². The van der Waals surface area contributed by atoms with Crippen molar-refractivity contribution in [2.45, 2.75) is 25.7 Å². The van der Waals surface area contributed by atoms with Crippen molar-refractivity contribution in [2.24, 2.45) is 0 Å². The Hall–Kier alpha value is -2.60. The SMILES string of the molecule is CCN(CC)c1ccc(/C=C/c2nc3cc(S(=O)(=O)CC)ccc3o2)cc1. The van der Waals surface area contributed by atoms with E-state index in [1.807, 2.05) is 6.08 Å². The number of benzene rings is 2. The Bertz CT molecular complexity index is 1050. The highest BCUT2D eigenvalue weighted by atomic mass is 32.2. The zero-order valence-corrected chi connectivity index (χ0v) is 16.7. The minimum absolute atomic E-state index is 0.0621. The van der Waals surface area contributed by atoms with Crippen molar-refractivity contribution in [1.29, 1.82) is 0 Å². The van der Waals surface area contributed by atoms with Crippen LogP contribution in [-0.4, -0.2) is 32.2 Å². The lowest BCUT2D eigenvalue weighted by Crippen LogP contribution is -2.21. The highest BCUT2D eigenvalue weighted by Crippen LogP contribution is 2.22. The standard InChI is InChI=1S/C21H24N2O3S/c1-4-23(5-2)17-10-7-16(8-11-17)9-14-21-22-19-15-18(27(24,25)6-3)12-13-20(19)26-21/h7-15H,4-6H2,1-3H3/b14-9+. The average Bonchev–Trinajstić information content (AvgIpc) is 3.10. The highest BCUT2D eigenvalue weighted by molar-refractivity contribution is 7.91. The van der Waals surface area contributed by atoms with E-state index in [1.165, 1.54) is 5.69 Å². The van der Waals surface area contributed by atoms with Crippen molar-refractivity contribution >= 4 is 38.8 Å². The van der Waals surface area contributed by atoms with Crippen LogP contribution in [0.4, 0.5) is 5.69 Å². The molecule has 0 saturated carbocycles. The van der Waals surface area contributed by atoms with Gasteiger partial charge in [-0.3, -0.25) is 0 Å². The van der Waals surface area contributed by atoms with E-state index in [0.29, 0.717) is 17.0 Å². The number of fused-ring (bicyclic) bond motifs is 1. The summed E-state index contributed by atoms with van der Waals surface area (Å²) in [7, 11) is -3.26. The molecule has 0 atom stereocenters. The molecule has 6 heteroatoms. The van der Waals surface area contributed by atoms with Gasteiger partial charge in [0.15, 0.2) is 15.4 Å². The van der Waals surface area contributed by atoms with Crippen LogP contribution in [0.1, 0.15) is 32.2 Å². The van der Waals surface area contributed by atoms with E-state index in [4.69, 9.17) is 4.42 Å². The van der Waals surface area contributed by atoms with E-state index in [9.17, 15) is 8.42 Å². The summed E-state index contributed by atoms with van der Waals surface area (Å²) in [4.78, 5) is 6.94. The molecule has 3 rings (SSSR count). The molecule has 0 unspecified atom stereocenters. The van der Waals surface area contributed by atoms with Crippen molar-refractivity contribution in [3.05, 3.63) is 53.9 Å². The number of hydrogen-bond donors (Lipinski definition) is 0. The third-order valence-corrected chi connectivity index (χ3v) is 6.29. The predicted molar refractivity (Wildman–Crippen MR) is 111 cm³/mol. The molecule has 3 aromatic rings. The first-order chi connectivity index (χ1) is 13.0. The average molecular weight is 385 g/mol. The minimum Gasteiger partial charge on any atom is -0.437 e. The number of nitrogens with zero attached hydrogens (tertiary/aromatic N) is 2. The molecule has 0 N–H and O–H groups in total. The zero-order valence-electron chi connectivity index (χ0n) is 15.8. The number of rotatable bonds is 7. The molecule has 0 spiro atoms. The first kappa shape index (κ1) is 19.2. The molecule has 1 aromatic heterocycles. The normalized spacial score (nSPS) is 12.1. The molecule has 27 heavy (non-hydrogen) atoms. The summed E-state index contributed by atoms with van der Waals surface area (Å²) in [5.41, 5.74) is 3.36. The quantitative estimate of drug-likeness (QED) is 0.594. The van der Waals surface area contributed by atoms with Gasteiger partial charge in [0.25, 0.3) is 0 Å².